The number of carbonyl (C=O) groups excluding carboxylic acids is 2. The van der Waals surface area contributed by atoms with E-state index in [4.69, 9.17) is 4.74 Å². The molecule has 0 fully saturated rings. The second-order valence-corrected chi connectivity index (χ2v) is 5.85. The van der Waals surface area contributed by atoms with Gasteiger partial charge in [0.15, 0.2) is 5.13 Å². The fourth-order valence-electron chi connectivity index (χ4n) is 1.93. The van der Waals surface area contributed by atoms with E-state index in [0.29, 0.717) is 18.2 Å². The molecule has 21 heavy (non-hydrogen) atoms. The number of carbonyl (C=O) groups is 2. The molecule has 1 atom stereocenters. The maximum atomic E-state index is 11.7. The van der Waals surface area contributed by atoms with E-state index in [1.807, 2.05) is 26.2 Å². The van der Waals surface area contributed by atoms with Crippen LogP contribution in [0, 0.1) is 5.92 Å². The Balaban J connectivity index is 2.70. The number of hydrogen-bond acceptors (Lipinski definition) is 6. The van der Waals surface area contributed by atoms with Gasteiger partial charge in [-0.05, 0) is 12.8 Å². The van der Waals surface area contributed by atoms with Crippen molar-refractivity contribution in [2.24, 2.45) is 5.92 Å². The van der Waals surface area contributed by atoms with Crippen LogP contribution in [0.1, 0.15) is 33.4 Å². The summed E-state index contributed by atoms with van der Waals surface area (Å²) >= 11 is 1.42. The number of nitrogens with zero attached hydrogens (tertiary/aromatic N) is 2. The second-order valence-electron chi connectivity index (χ2n) is 5.01. The Morgan fingerprint density at radius 2 is 2.14 bits per heavy atom. The molecule has 0 aliphatic heterocycles. The minimum Gasteiger partial charge on any atom is -0.468 e. The molecule has 0 aromatic carbocycles. The second kappa shape index (κ2) is 8.09. The molecule has 0 aliphatic rings. The molecule has 1 amide bonds. The predicted octanol–water partition coefficient (Wildman–Crippen LogP) is 1.80. The van der Waals surface area contributed by atoms with Crippen molar-refractivity contribution < 1.29 is 14.3 Å². The third-order valence-electron chi connectivity index (χ3n) is 3.09. The van der Waals surface area contributed by atoms with E-state index in [1.54, 1.807) is 4.90 Å². The summed E-state index contributed by atoms with van der Waals surface area (Å²) in [7, 11) is 1.38. The predicted molar refractivity (Wildman–Crippen MR) is 83.3 cm³/mol. The van der Waals surface area contributed by atoms with Gasteiger partial charge in [-0.2, -0.15) is 0 Å². The largest absolute Gasteiger partial charge is 0.468 e. The number of hydrogen-bond donors (Lipinski definition) is 1. The van der Waals surface area contributed by atoms with Crippen LogP contribution >= 0.6 is 11.3 Å². The Hall–Kier alpha value is -1.47. The number of aromatic nitrogens is 1. The van der Waals surface area contributed by atoms with Crippen molar-refractivity contribution in [3.8, 4) is 0 Å². The molecule has 118 valence electrons. The minimum atomic E-state index is -0.366. The quantitative estimate of drug-likeness (QED) is 0.777. The Morgan fingerprint density at radius 3 is 2.62 bits per heavy atom. The lowest BCUT2D eigenvalue weighted by molar-refractivity contribution is -0.144. The summed E-state index contributed by atoms with van der Waals surface area (Å²) in [5.74, 6) is -0.180. The third-order valence-corrected chi connectivity index (χ3v) is 4.00. The van der Waals surface area contributed by atoms with Crippen LogP contribution in [0.3, 0.4) is 0 Å². The van der Waals surface area contributed by atoms with Crippen LogP contribution in [0.4, 0.5) is 5.13 Å². The van der Waals surface area contributed by atoms with Gasteiger partial charge < -0.3 is 4.74 Å². The summed E-state index contributed by atoms with van der Waals surface area (Å²) < 4.78 is 4.78. The van der Waals surface area contributed by atoms with Gasteiger partial charge in [0.1, 0.15) is 6.04 Å². The smallest absolute Gasteiger partial charge is 0.323 e. The lowest BCUT2D eigenvalue weighted by Gasteiger charge is -2.19. The Morgan fingerprint density at radius 1 is 1.48 bits per heavy atom. The highest BCUT2D eigenvalue weighted by molar-refractivity contribution is 7.14. The number of thiazole rings is 1. The molecular weight excluding hydrogens is 290 g/mol. The van der Waals surface area contributed by atoms with Crippen LogP contribution in [0.2, 0.25) is 0 Å². The number of nitrogens with one attached hydrogen (secondary N) is 1. The van der Waals surface area contributed by atoms with Crippen molar-refractivity contribution >= 4 is 28.3 Å². The van der Waals surface area contributed by atoms with E-state index in [2.05, 4.69) is 10.3 Å². The Bertz CT molecular complexity index is 488. The molecule has 1 heterocycles. The van der Waals surface area contributed by atoms with Crippen molar-refractivity contribution in [3.63, 3.8) is 0 Å². The van der Waals surface area contributed by atoms with Crippen LogP contribution in [-0.2, 0) is 20.9 Å². The summed E-state index contributed by atoms with van der Waals surface area (Å²) in [4.78, 5) is 29.2. The van der Waals surface area contributed by atoms with E-state index in [9.17, 15) is 9.59 Å². The molecule has 0 aliphatic carbocycles. The maximum absolute atomic E-state index is 11.7. The zero-order valence-electron chi connectivity index (χ0n) is 13.2. The SMILES string of the molecule is CCN(C(C)=O)c1nc(CNC(C(=O)OC)C(C)C)cs1. The minimum absolute atomic E-state index is 0.0269. The maximum Gasteiger partial charge on any atom is 0.323 e. The van der Waals surface area contributed by atoms with E-state index in [-0.39, 0.29) is 23.8 Å². The summed E-state index contributed by atoms with van der Waals surface area (Å²) in [6, 6.07) is -0.366. The summed E-state index contributed by atoms with van der Waals surface area (Å²) in [5, 5.41) is 5.72. The molecule has 0 bridgehead atoms. The monoisotopic (exact) mass is 313 g/mol. The molecule has 1 N–H and O–H groups in total. The van der Waals surface area contributed by atoms with E-state index >= 15 is 0 Å². The molecule has 7 heteroatoms. The fraction of sp³-hybridized carbons (Fsp3) is 0.643. The summed E-state index contributed by atoms with van der Waals surface area (Å²) in [6.45, 7) is 8.39. The first-order chi connectivity index (χ1) is 9.90. The molecule has 0 radical (unpaired) electrons. The van der Waals surface area contributed by atoms with Crippen LogP contribution in [0.25, 0.3) is 0 Å². The van der Waals surface area contributed by atoms with E-state index < -0.39 is 0 Å². The van der Waals surface area contributed by atoms with Crippen LogP contribution in [0.5, 0.6) is 0 Å². The molecular formula is C14H23N3O3S. The first-order valence-corrected chi connectivity index (χ1v) is 7.82. The van der Waals surface area contributed by atoms with Crippen molar-refractivity contribution in [1.29, 1.82) is 0 Å². The molecule has 6 nitrogen and oxygen atoms in total. The first-order valence-electron chi connectivity index (χ1n) is 6.94. The normalized spacial score (nSPS) is 12.3. The highest BCUT2D eigenvalue weighted by atomic mass is 32.1. The molecule has 1 aromatic rings. The molecule has 0 saturated carbocycles. The number of rotatable bonds is 7. The fourth-order valence-corrected chi connectivity index (χ4v) is 2.86. The van der Waals surface area contributed by atoms with Crippen molar-refractivity contribution in [1.82, 2.24) is 10.3 Å². The number of esters is 1. The molecule has 0 saturated heterocycles. The van der Waals surface area contributed by atoms with Crippen molar-refractivity contribution in [2.75, 3.05) is 18.6 Å². The Kier molecular flexibility index (Phi) is 6.77. The van der Waals surface area contributed by atoms with Gasteiger partial charge in [-0.1, -0.05) is 13.8 Å². The zero-order chi connectivity index (χ0) is 16.0. The van der Waals surface area contributed by atoms with Crippen LogP contribution < -0.4 is 10.2 Å². The standard InChI is InChI=1S/C14H23N3O3S/c1-6-17(10(4)18)14-16-11(8-21-14)7-15-12(9(2)3)13(19)20-5/h8-9,12,15H,6-7H2,1-5H3. The van der Waals surface area contributed by atoms with Gasteiger partial charge in [0.25, 0.3) is 0 Å². The molecule has 1 unspecified atom stereocenters. The number of amides is 1. The molecule has 1 rings (SSSR count). The van der Waals surface area contributed by atoms with E-state index in [0.717, 1.165) is 5.69 Å². The summed E-state index contributed by atoms with van der Waals surface area (Å²) in [5.41, 5.74) is 0.809. The van der Waals surface area contributed by atoms with E-state index in [1.165, 1.54) is 25.4 Å². The third kappa shape index (κ3) is 4.78. The highest BCUT2D eigenvalue weighted by Gasteiger charge is 2.22. The molecule has 0 spiro atoms. The van der Waals surface area contributed by atoms with Gasteiger partial charge in [-0.25, -0.2) is 4.98 Å². The van der Waals surface area contributed by atoms with Gasteiger partial charge in [0, 0.05) is 25.4 Å². The average Bonchev–Trinajstić information content (AvgIpc) is 2.87. The zero-order valence-corrected chi connectivity index (χ0v) is 14.0. The molecule has 1 aromatic heterocycles. The summed E-state index contributed by atoms with van der Waals surface area (Å²) in [6.07, 6.45) is 0. The highest BCUT2D eigenvalue weighted by Crippen LogP contribution is 2.20. The van der Waals surface area contributed by atoms with Gasteiger partial charge >= 0.3 is 5.97 Å². The van der Waals surface area contributed by atoms with Gasteiger partial charge in [-0.15, -0.1) is 11.3 Å². The van der Waals surface area contributed by atoms with Gasteiger partial charge in [0.2, 0.25) is 5.91 Å². The average molecular weight is 313 g/mol. The lowest BCUT2D eigenvalue weighted by atomic mass is 10.0. The number of anilines is 1. The van der Waals surface area contributed by atoms with Gasteiger partial charge in [0.05, 0.1) is 12.8 Å². The Labute approximate surface area is 129 Å². The van der Waals surface area contributed by atoms with Crippen molar-refractivity contribution in [2.45, 2.75) is 40.3 Å². The first kappa shape index (κ1) is 17.6. The lowest BCUT2D eigenvalue weighted by Crippen LogP contribution is -2.41. The number of ether oxygens (including phenoxy) is 1. The van der Waals surface area contributed by atoms with Crippen LogP contribution in [0.15, 0.2) is 5.38 Å². The topological polar surface area (TPSA) is 71.5 Å². The number of methoxy groups -OCH3 is 1. The van der Waals surface area contributed by atoms with Crippen molar-refractivity contribution in [3.05, 3.63) is 11.1 Å². The van der Waals surface area contributed by atoms with Crippen LogP contribution in [-0.4, -0.2) is 36.6 Å². The van der Waals surface area contributed by atoms with Gasteiger partial charge in [-0.3, -0.25) is 19.8 Å².